The van der Waals surface area contributed by atoms with Crippen molar-refractivity contribution in [3.8, 4) is 0 Å². The SMILES string of the molecule is Cc1ccc(C(=O)O/N=C2\CC3(C(=O)Nc4ccc([N+](=O)[O-])cc4)CCC2(C)C3(C)C)cc1. The van der Waals surface area contributed by atoms with Crippen LogP contribution in [0.4, 0.5) is 11.4 Å². The van der Waals surface area contributed by atoms with E-state index in [2.05, 4.69) is 31.2 Å². The highest BCUT2D eigenvalue weighted by Gasteiger charge is 2.71. The summed E-state index contributed by atoms with van der Waals surface area (Å²) in [5, 5.41) is 18.1. The number of nitrogens with one attached hydrogen (secondary N) is 1. The van der Waals surface area contributed by atoms with Crippen molar-refractivity contribution in [3.05, 3.63) is 69.8 Å². The molecule has 2 atom stereocenters. The summed E-state index contributed by atoms with van der Waals surface area (Å²) in [6.07, 6.45) is 1.81. The lowest BCUT2D eigenvalue weighted by molar-refractivity contribution is -0.384. The molecule has 0 aliphatic heterocycles. The van der Waals surface area contributed by atoms with Gasteiger partial charge in [0.05, 0.1) is 21.6 Å². The summed E-state index contributed by atoms with van der Waals surface area (Å²) < 4.78 is 0. The van der Waals surface area contributed by atoms with Crippen molar-refractivity contribution in [3.63, 3.8) is 0 Å². The first-order valence-electron chi connectivity index (χ1n) is 10.9. The van der Waals surface area contributed by atoms with Crippen molar-refractivity contribution in [1.29, 1.82) is 0 Å². The molecule has 1 N–H and O–H groups in total. The molecule has 2 aromatic carbocycles. The molecular weight excluding hydrogens is 422 g/mol. The Bertz CT molecular complexity index is 1150. The number of aryl methyl sites for hydroxylation is 1. The first-order valence-corrected chi connectivity index (χ1v) is 10.9. The molecule has 0 spiro atoms. The van der Waals surface area contributed by atoms with Gasteiger partial charge in [-0.1, -0.05) is 43.6 Å². The van der Waals surface area contributed by atoms with E-state index in [-0.39, 0.29) is 11.6 Å². The van der Waals surface area contributed by atoms with Gasteiger partial charge in [-0.2, -0.15) is 0 Å². The summed E-state index contributed by atoms with van der Waals surface area (Å²) in [6, 6.07) is 12.9. The molecule has 2 fully saturated rings. The van der Waals surface area contributed by atoms with Crippen molar-refractivity contribution in [2.75, 3.05) is 5.32 Å². The van der Waals surface area contributed by atoms with Crippen LogP contribution in [0, 0.1) is 33.3 Å². The van der Waals surface area contributed by atoms with Gasteiger partial charge >= 0.3 is 5.97 Å². The molecule has 2 saturated carbocycles. The lowest BCUT2D eigenvalue weighted by atomic mass is 9.64. The lowest BCUT2D eigenvalue weighted by Crippen LogP contribution is -2.43. The van der Waals surface area contributed by atoms with Crippen molar-refractivity contribution in [2.24, 2.45) is 21.4 Å². The van der Waals surface area contributed by atoms with E-state index in [9.17, 15) is 19.7 Å². The number of rotatable bonds is 5. The number of amides is 1. The minimum absolute atomic E-state index is 0.0365. The number of hydrogen-bond donors (Lipinski definition) is 1. The molecular formula is C25H27N3O5. The zero-order valence-corrected chi connectivity index (χ0v) is 19.2. The Morgan fingerprint density at radius 3 is 2.27 bits per heavy atom. The largest absolute Gasteiger partial charge is 0.365 e. The van der Waals surface area contributed by atoms with Crippen LogP contribution in [0.25, 0.3) is 0 Å². The van der Waals surface area contributed by atoms with E-state index < -0.39 is 27.1 Å². The number of nitrogens with zero attached hydrogens (tertiary/aromatic N) is 2. The molecule has 2 aromatic rings. The average molecular weight is 450 g/mol. The molecule has 2 aliphatic carbocycles. The van der Waals surface area contributed by atoms with Crippen LogP contribution < -0.4 is 5.32 Å². The monoisotopic (exact) mass is 449 g/mol. The molecule has 33 heavy (non-hydrogen) atoms. The van der Waals surface area contributed by atoms with Gasteiger partial charge in [0, 0.05) is 29.7 Å². The van der Waals surface area contributed by atoms with Crippen LogP contribution in [0.1, 0.15) is 56.0 Å². The number of anilines is 1. The van der Waals surface area contributed by atoms with Gasteiger partial charge in [-0.25, -0.2) is 4.79 Å². The van der Waals surface area contributed by atoms with Gasteiger partial charge in [0.25, 0.3) is 5.69 Å². The van der Waals surface area contributed by atoms with Gasteiger partial charge in [-0.05, 0) is 49.4 Å². The average Bonchev–Trinajstić information content (AvgIpc) is 3.09. The number of carbonyl (C=O) groups excluding carboxylic acids is 2. The number of carbonyl (C=O) groups is 2. The van der Waals surface area contributed by atoms with Gasteiger partial charge in [0.1, 0.15) is 0 Å². The molecule has 2 unspecified atom stereocenters. The Kier molecular flexibility index (Phi) is 5.35. The molecule has 0 heterocycles. The van der Waals surface area contributed by atoms with Gasteiger partial charge in [0.15, 0.2) is 0 Å². The third kappa shape index (κ3) is 3.50. The van der Waals surface area contributed by atoms with Gasteiger partial charge in [-0.3, -0.25) is 14.9 Å². The number of hydrogen-bond acceptors (Lipinski definition) is 6. The van der Waals surface area contributed by atoms with Crippen molar-refractivity contribution in [2.45, 2.75) is 47.0 Å². The molecule has 4 rings (SSSR count). The fourth-order valence-electron chi connectivity index (χ4n) is 5.28. The van der Waals surface area contributed by atoms with E-state index >= 15 is 0 Å². The second kappa shape index (κ2) is 7.79. The predicted octanol–water partition coefficient (Wildman–Crippen LogP) is 5.27. The Hall–Kier alpha value is -3.55. The van der Waals surface area contributed by atoms with Crippen LogP contribution in [0.3, 0.4) is 0 Å². The normalized spacial score (nSPS) is 26.2. The number of benzene rings is 2. The first kappa shape index (κ1) is 22.6. The van der Waals surface area contributed by atoms with Crippen molar-refractivity contribution >= 4 is 29.0 Å². The van der Waals surface area contributed by atoms with Crippen LogP contribution in [-0.4, -0.2) is 22.5 Å². The van der Waals surface area contributed by atoms with Crippen molar-refractivity contribution < 1.29 is 19.3 Å². The second-order valence-corrected chi connectivity index (χ2v) is 9.76. The quantitative estimate of drug-likeness (QED) is 0.380. The van der Waals surface area contributed by atoms with Crippen LogP contribution in [0.2, 0.25) is 0 Å². The Morgan fingerprint density at radius 2 is 1.67 bits per heavy atom. The minimum Gasteiger partial charge on any atom is -0.326 e. The van der Waals surface area contributed by atoms with Crippen LogP contribution in [0.15, 0.2) is 53.7 Å². The Balaban J connectivity index is 1.56. The van der Waals surface area contributed by atoms with Crippen LogP contribution in [0.5, 0.6) is 0 Å². The van der Waals surface area contributed by atoms with Gasteiger partial charge in [0.2, 0.25) is 5.91 Å². The highest BCUT2D eigenvalue weighted by atomic mass is 16.7. The summed E-state index contributed by atoms with van der Waals surface area (Å²) in [5.74, 6) is -0.684. The minimum atomic E-state index is -0.724. The zero-order chi connectivity index (χ0) is 24.0. The van der Waals surface area contributed by atoms with E-state index in [1.54, 1.807) is 12.1 Å². The number of fused-ring (bicyclic) bond motifs is 2. The third-order valence-electron chi connectivity index (χ3n) is 8.03. The summed E-state index contributed by atoms with van der Waals surface area (Å²) in [4.78, 5) is 41.7. The van der Waals surface area contributed by atoms with Crippen LogP contribution >= 0.6 is 0 Å². The highest BCUT2D eigenvalue weighted by molar-refractivity contribution is 6.06. The van der Waals surface area contributed by atoms with E-state index in [1.807, 2.05) is 19.1 Å². The van der Waals surface area contributed by atoms with E-state index in [0.29, 0.717) is 29.8 Å². The summed E-state index contributed by atoms with van der Waals surface area (Å²) >= 11 is 0. The van der Waals surface area contributed by atoms with E-state index in [0.717, 1.165) is 12.0 Å². The van der Waals surface area contributed by atoms with E-state index in [1.165, 1.54) is 24.3 Å². The Labute approximate surface area is 192 Å². The first-order chi connectivity index (χ1) is 15.5. The molecule has 1 amide bonds. The second-order valence-electron chi connectivity index (χ2n) is 9.76. The molecule has 8 nitrogen and oxygen atoms in total. The fourth-order valence-corrected chi connectivity index (χ4v) is 5.28. The summed E-state index contributed by atoms with van der Waals surface area (Å²) in [6.45, 7) is 8.12. The summed E-state index contributed by atoms with van der Waals surface area (Å²) in [5.41, 5.74) is 1.08. The maximum Gasteiger partial charge on any atom is 0.365 e. The molecule has 2 bridgehead atoms. The number of non-ortho nitro benzene ring substituents is 1. The number of oxime groups is 1. The maximum atomic E-state index is 13.5. The Morgan fingerprint density at radius 1 is 1.03 bits per heavy atom. The van der Waals surface area contributed by atoms with E-state index in [4.69, 9.17) is 4.84 Å². The zero-order valence-electron chi connectivity index (χ0n) is 19.2. The van der Waals surface area contributed by atoms with Crippen LogP contribution in [-0.2, 0) is 9.63 Å². The summed E-state index contributed by atoms with van der Waals surface area (Å²) in [7, 11) is 0. The molecule has 0 radical (unpaired) electrons. The fraction of sp³-hybridized carbons (Fsp3) is 0.400. The van der Waals surface area contributed by atoms with Gasteiger partial charge < -0.3 is 10.2 Å². The maximum absolute atomic E-state index is 13.5. The molecule has 0 saturated heterocycles. The van der Waals surface area contributed by atoms with Crippen molar-refractivity contribution in [1.82, 2.24) is 0 Å². The lowest BCUT2D eigenvalue weighted by Gasteiger charge is -2.39. The standard InChI is InChI=1S/C25H27N3O5/c1-16-5-7-17(8-6-16)21(29)33-27-20-15-25(14-13-24(20,4)23(25,2)3)22(30)26-18-9-11-19(12-10-18)28(31)32/h5-12H,13-15H2,1-4H3,(H,26,30)/b27-20+. The van der Waals surface area contributed by atoms with Gasteiger partial charge in [-0.15, -0.1) is 0 Å². The molecule has 172 valence electrons. The molecule has 2 aliphatic rings. The number of nitro groups is 1. The highest BCUT2D eigenvalue weighted by Crippen LogP contribution is 2.71. The number of nitro benzene ring substituents is 1. The molecule has 8 heteroatoms. The smallest absolute Gasteiger partial charge is 0.326 e. The third-order valence-corrected chi connectivity index (χ3v) is 8.03. The molecule has 0 aromatic heterocycles. The topological polar surface area (TPSA) is 111 Å². The predicted molar refractivity (Wildman–Crippen MR) is 124 cm³/mol.